The average molecular weight is 169 g/mol. The van der Waals surface area contributed by atoms with Crippen LogP contribution in [-0.4, -0.2) is 27.4 Å². The quantitative estimate of drug-likeness (QED) is 0.630. The summed E-state index contributed by atoms with van der Waals surface area (Å²) in [6.45, 7) is 5.97. The Labute approximate surface area is 72.0 Å². The van der Waals surface area contributed by atoms with E-state index in [1.165, 1.54) is 0 Å². The van der Waals surface area contributed by atoms with Crippen LogP contribution in [0.2, 0.25) is 0 Å². The molecule has 0 spiro atoms. The van der Waals surface area contributed by atoms with Crippen LogP contribution in [0.25, 0.3) is 0 Å². The predicted molar refractivity (Wildman–Crippen MR) is 48.1 cm³/mol. The Kier molecular flexibility index (Phi) is 2.38. The lowest BCUT2D eigenvalue weighted by molar-refractivity contribution is 0.0945. The SMILES string of the molecule is Cc1[nH]ncc1NCC(C)(C)O. The van der Waals surface area contributed by atoms with Gasteiger partial charge < -0.3 is 10.4 Å². The molecule has 0 atom stereocenters. The van der Waals surface area contributed by atoms with Crippen molar-refractivity contribution in [2.24, 2.45) is 0 Å². The van der Waals surface area contributed by atoms with Gasteiger partial charge in [0.2, 0.25) is 0 Å². The van der Waals surface area contributed by atoms with E-state index in [2.05, 4.69) is 15.5 Å². The predicted octanol–water partition coefficient (Wildman–Crippen LogP) is 0.901. The maximum Gasteiger partial charge on any atom is 0.0763 e. The monoisotopic (exact) mass is 169 g/mol. The van der Waals surface area contributed by atoms with Gasteiger partial charge in [0, 0.05) is 6.54 Å². The van der Waals surface area contributed by atoms with Crippen molar-refractivity contribution in [3.8, 4) is 0 Å². The molecule has 4 heteroatoms. The second kappa shape index (κ2) is 3.15. The maximum atomic E-state index is 9.41. The summed E-state index contributed by atoms with van der Waals surface area (Å²) < 4.78 is 0. The molecular weight excluding hydrogens is 154 g/mol. The number of aromatic nitrogens is 2. The zero-order valence-electron chi connectivity index (χ0n) is 7.68. The summed E-state index contributed by atoms with van der Waals surface area (Å²) in [5.41, 5.74) is 1.24. The van der Waals surface area contributed by atoms with E-state index >= 15 is 0 Å². The van der Waals surface area contributed by atoms with Crippen LogP contribution in [0.1, 0.15) is 19.5 Å². The first-order valence-electron chi connectivity index (χ1n) is 3.95. The van der Waals surface area contributed by atoms with Crippen LogP contribution in [0.3, 0.4) is 0 Å². The van der Waals surface area contributed by atoms with Crippen molar-refractivity contribution in [2.75, 3.05) is 11.9 Å². The molecule has 0 saturated heterocycles. The molecular formula is C8H15N3O. The minimum Gasteiger partial charge on any atom is -0.389 e. The van der Waals surface area contributed by atoms with Gasteiger partial charge in [-0.1, -0.05) is 0 Å². The summed E-state index contributed by atoms with van der Waals surface area (Å²) in [5.74, 6) is 0. The van der Waals surface area contributed by atoms with Gasteiger partial charge in [0.15, 0.2) is 0 Å². The Bertz CT molecular complexity index is 249. The van der Waals surface area contributed by atoms with E-state index in [0.717, 1.165) is 11.4 Å². The van der Waals surface area contributed by atoms with Crippen molar-refractivity contribution in [2.45, 2.75) is 26.4 Å². The van der Waals surface area contributed by atoms with E-state index in [1.54, 1.807) is 20.0 Å². The maximum absolute atomic E-state index is 9.41. The topological polar surface area (TPSA) is 60.9 Å². The largest absolute Gasteiger partial charge is 0.389 e. The highest BCUT2D eigenvalue weighted by Crippen LogP contribution is 2.11. The van der Waals surface area contributed by atoms with E-state index in [1.807, 2.05) is 6.92 Å². The molecule has 1 rings (SSSR count). The molecule has 1 aromatic rings. The average Bonchev–Trinajstić information content (AvgIpc) is 2.29. The molecule has 0 unspecified atom stereocenters. The number of nitrogens with zero attached hydrogens (tertiary/aromatic N) is 1. The molecule has 0 aliphatic heterocycles. The highest BCUT2D eigenvalue weighted by atomic mass is 16.3. The zero-order valence-corrected chi connectivity index (χ0v) is 7.68. The van der Waals surface area contributed by atoms with Gasteiger partial charge in [-0.3, -0.25) is 5.10 Å². The smallest absolute Gasteiger partial charge is 0.0763 e. The third kappa shape index (κ3) is 2.54. The van der Waals surface area contributed by atoms with Crippen molar-refractivity contribution in [1.82, 2.24) is 10.2 Å². The molecule has 0 aliphatic carbocycles. The van der Waals surface area contributed by atoms with Gasteiger partial charge in [-0.05, 0) is 20.8 Å². The first-order valence-corrected chi connectivity index (χ1v) is 3.95. The van der Waals surface area contributed by atoms with Crippen molar-refractivity contribution in [3.63, 3.8) is 0 Å². The first-order chi connectivity index (χ1) is 5.49. The van der Waals surface area contributed by atoms with E-state index < -0.39 is 5.60 Å². The summed E-state index contributed by atoms with van der Waals surface area (Å²) in [4.78, 5) is 0. The molecule has 0 fully saturated rings. The standard InChI is InChI=1S/C8H15N3O/c1-6-7(4-10-11-6)9-5-8(2,3)12/h4,9,12H,5H2,1-3H3,(H,10,11). The minimum absolute atomic E-state index is 0.521. The normalized spacial score (nSPS) is 11.7. The fraction of sp³-hybridized carbons (Fsp3) is 0.625. The van der Waals surface area contributed by atoms with Gasteiger partial charge in [0.1, 0.15) is 0 Å². The van der Waals surface area contributed by atoms with Crippen molar-refractivity contribution >= 4 is 5.69 Å². The van der Waals surface area contributed by atoms with E-state index in [0.29, 0.717) is 6.54 Å². The second-order valence-corrected chi connectivity index (χ2v) is 3.57. The Morgan fingerprint density at radius 2 is 2.33 bits per heavy atom. The summed E-state index contributed by atoms with van der Waals surface area (Å²) in [6, 6.07) is 0. The molecule has 4 nitrogen and oxygen atoms in total. The van der Waals surface area contributed by atoms with Crippen LogP contribution >= 0.6 is 0 Å². The Morgan fingerprint density at radius 1 is 1.67 bits per heavy atom. The number of hydrogen-bond donors (Lipinski definition) is 3. The van der Waals surface area contributed by atoms with Crippen LogP contribution in [0.15, 0.2) is 6.20 Å². The Balaban J connectivity index is 2.49. The summed E-state index contributed by atoms with van der Waals surface area (Å²) in [7, 11) is 0. The van der Waals surface area contributed by atoms with Crippen LogP contribution in [0.4, 0.5) is 5.69 Å². The highest BCUT2D eigenvalue weighted by molar-refractivity contribution is 5.45. The summed E-state index contributed by atoms with van der Waals surface area (Å²) in [6.07, 6.45) is 1.71. The molecule has 0 saturated carbocycles. The van der Waals surface area contributed by atoms with Gasteiger partial charge >= 0.3 is 0 Å². The number of rotatable bonds is 3. The van der Waals surface area contributed by atoms with Gasteiger partial charge in [-0.25, -0.2) is 0 Å². The number of aliphatic hydroxyl groups is 1. The van der Waals surface area contributed by atoms with Gasteiger partial charge in [-0.15, -0.1) is 0 Å². The lowest BCUT2D eigenvalue weighted by atomic mass is 10.1. The molecule has 1 heterocycles. The molecule has 3 N–H and O–H groups in total. The van der Waals surface area contributed by atoms with E-state index in [9.17, 15) is 5.11 Å². The van der Waals surface area contributed by atoms with Crippen LogP contribution in [0.5, 0.6) is 0 Å². The molecule has 0 bridgehead atoms. The summed E-state index contributed by atoms with van der Waals surface area (Å²) in [5, 5.41) is 19.2. The molecule has 0 aliphatic rings. The molecule has 1 aromatic heterocycles. The summed E-state index contributed by atoms with van der Waals surface area (Å²) >= 11 is 0. The second-order valence-electron chi connectivity index (χ2n) is 3.57. The molecule has 12 heavy (non-hydrogen) atoms. The van der Waals surface area contributed by atoms with Gasteiger partial charge in [0.25, 0.3) is 0 Å². The van der Waals surface area contributed by atoms with Crippen LogP contribution < -0.4 is 5.32 Å². The number of anilines is 1. The lowest BCUT2D eigenvalue weighted by Crippen LogP contribution is -2.29. The minimum atomic E-state index is -0.691. The molecule has 0 radical (unpaired) electrons. The Hall–Kier alpha value is -1.03. The molecule has 68 valence electrons. The van der Waals surface area contributed by atoms with Crippen molar-refractivity contribution in [3.05, 3.63) is 11.9 Å². The first kappa shape index (κ1) is 9.06. The third-order valence-corrected chi connectivity index (χ3v) is 1.54. The highest BCUT2D eigenvalue weighted by Gasteiger charge is 2.12. The zero-order chi connectivity index (χ0) is 9.19. The fourth-order valence-corrected chi connectivity index (χ4v) is 0.840. The van der Waals surface area contributed by atoms with Crippen molar-refractivity contribution in [1.29, 1.82) is 0 Å². The van der Waals surface area contributed by atoms with E-state index in [-0.39, 0.29) is 0 Å². The van der Waals surface area contributed by atoms with Gasteiger partial charge in [-0.2, -0.15) is 5.10 Å². The van der Waals surface area contributed by atoms with Crippen LogP contribution in [0, 0.1) is 6.92 Å². The van der Waals surface area contributed by atoms with Gasteiger partial charge in [0.05, 0.1) is 23.2 Å². The number of nitrogens with one attached hydrogen (secondary N) is 2. The van der Waals surface area contributed by atoms with E-state index in [4.69, 9.17) is 0 Å². The molecule has 0 aromatic carbocycles. The number of hydrogen-bond acceptors (Lipinski definition) is 3. The fourth-order valence-electron chi connectivity index (χ4n) is 0.840. The van der Waals surface area contributed by atoms with Crippen LogP contribution in [-0.2, 0) is 0 Å². The number of aryl methyl sites for hydroxylation is 1. The lowest BCUT2D eigenvalue weighted by Gasteiger charge is -2.17. The Morgan fingerprint density at radius 3 is 2.75 bits per heavy atom. The third-order valence-electron chi connectivity index (χ3n) is 1.54. The number of aromatic amines is 1. The molecule has 0 amide bonds. The number of H-pyrrole nitrogens is 1. The van der Waals surface area contributed by atoms with Crippen molar-refractivity contribution < 1.29 is 5.11 Å².